The summed E-state index contributed by atoms with van der Waals surface area (Å²) in [6.07, 6.45) is -0.523. The van der Waals surface area contributed by atoms with Gasteiger partial charge in [0.15, 0.2) is 17.4 Å². The van der Waals surface area contributed by atoms with Crippen LogP contribution in [0.1, 0.15) is 6.23 Å². The lowest BCUT2D eigenvalue weighted by molar-refractivity contribution is -0.0535. The second kappa shape index (κ2) is 4.94. The highest BCUT2D eigenvalue weighted by atomic mass is 16.6. The number of imidazole rings is 1. The van der Waals surface area contributed by atoms with Gasteiger partial charge in [0.25, 0.3) is 5.56 Å². The second-order valence-corrected chi connectivity index (χ2v) is 4.49. The average molecular weight is 282 g/mol. The summed E-state index contributed by atoms with van der Waals surface area (Å²) in [7, 11) is 1.43. The van der Waals surface area contributed by atoms with E-state index in [0.717, 1.165) is 0 Å². The summed E-state index contributed by atoms with van der Waals surface area (Å²) < 4.78 is 12.2. The van der Waals surface area contributed by atoms with Gasteiger partial charge in [-0.05, 0) is 0 Å². The van der Waals surface area contributed by atoms with E-state index in [2.05, 4.69) is 15.0 Å². The predicted molar refractivity (Wildman–Crippen MR) is 65.9 cm³/mol. The fourth-order valence-electron chi connectivity index (χ4n) is 2.44. The van der Waals surface area contributed by atoms with Crippen LogP contribution in [0.2, 0.25) is 0 Å². The highest BCUT2D eigenvalue weighted by molar-refractivity contribution is 5.68. The Labute approximate surface area is 112 Å². The Hall–Kier alpha value is -1.81. The molecule has 0 aromatic carbocycles. The summed E-state index contributed by atoms with van der Waals surface area (Å²) in [5, 5.41) is 19.5. The van der Waals surface area contributed by atoms with Gasteiger partial charge in [-0.2, -0.15) is 0 Å². The first-order valence-corrected chi connectivity index (χ1v) is 6.04. The zero-order valence-electron chi connectivity index (χ0n) is 10.6. The number of rotatable bonds is 3. The van der Waals surface area contributed by atoms with Gasteiger partial charge in [-0.25, -0.2) is 9.97 Å². The molecule has 3 heterocycles. The average Bonchev–Trinajstić information content (AvgIpc) is 3.00. The van der Waals surface area contributed by atoms with E-state index in [4.69, 9.17) is 9.47 Å². The number of ether oxygens (including phenoxy) is 2. The molecule has 1 saturated heterocycles. The molecule has 9 nitrogen and oxygen atoms in total. The molecule has 9 heteroatoms. The van der Waals surface area contributed by atoms with Crippen LogP contribution in [0.3, 0.4) is 0 Å². The van der Waals surface area contributed by atoms with Crippen LogP contribution in [0.4, 0.5) is 0 Å². The number of fused-ring (bicyclic) bond motifs is 1. The van der Waals surface area contributed by atoms with E-state index in [1.165, 1.54) is 24.3 Å². The molecule has 0 bridgehead atoms. The third-order valence-electron chi connectivity index (χ3n) is 3.40. The van der Waals surface area contributed by atoms with Crippen LogP contribution in [-0.2, 0) is 9.47 Å². The lowest BCUT2D eigenvalue weighted by Gasteiger charge is -2.17. The van der Waals surface area contributed by atoms with E-state index in [-0.39, 0.29) is 17.7 Å². The number of methoxy groups -OCH3 is 1. The van der Waals surface area contributed by atoms with Crippen molar-refractivity contribution in [1.29, 1.82) is 0 Å². The van der Waals surface area contributed by atoms with Crippen LogP contribution in [-0.4, -0.2) is 61.8 Å². The molecule has 1 aliphatic rings. The Balaban J connectivity index is 2.04. The summed E-state index contributed by atoms with van der Waals surface area (Å²) >= 11 is 0. The molecule has 0 unspecified atom stereocenters. The molecular formula is C11H14N4O5. The van der Waals surface area contributed by atoms with Crippen molar-refractivity contribution in [2.75, 3.05) is 13.7 Å². The minimum absolute atomic E-state index is 0.157. The van der Waals surface area contributed by atoms with Gasteiger partial charge in [-0.1, -0.05) is 0 Å². The summed E-state index contributed by atoms with van der Waals surface area (Å²) in [5.41, 5.74) is 0.0826. The van der Waals surface area contributed by atoms with Crippen LogP contribution < -0.4 is 5.56 Å². The van der Waals surface area contributed by atoms with Crippen LogP contribution in [0.15, 0.2) is 17.4 Å². The number of aliphatic hydroxyl groups is 2. The minimum Gasteiger partial charge on any atom is -0.394 e. The molecule has 2 aromatic rings. The topological polar surface area (TPSA) is 122 Å². The molecule has 2 aromatic heterocycles. The molecule has 4 atom stereocenters. The van der Waals surface area contributed by atoms with Gasteiger partial charge in [0.1, 0.15) is 18.3 Å². The van der Waals surface area contributed by atoms with Gasteiger partial charge in [-0.15, -0.1) is 0 Å². The molecule has 0 aliphatic carbocycles. The van der Waals surface area contributed by atoms with Crippen molar-refractivity contribution < 1.29 is 19.7 Å². The normalized spacial score (nSPS) is 30.1. The molecule has 3 N–H and O–H groups in total. The van der Waals surface area contributed by atoms with Crippen molar-refractivity contribution in [3.63, 3.8) is 0 Å². The number of hydrogen-bond acceptors (Lipinski definition) is 7. The van der Waals surface area contributed by atoms with Gasteiger partial charge < -0.3 is 24.7 Å². The number of hydrogen-bond donors (Lipinski definition) is 3. The second-order valence-electron chi connectivity index (χ2n) is 4.49. The molecule has 108 valence electrons. The summed E-state index contributed by atoms with van der Waals surface area (Å²) in [6.45, 7) is -0.285. The van der Waals surface area contributed by atoms with E-state index >= 15 is 0 Å². The van der Waals surface area contributed by atoms with Crippen molar-refractivity contribution >= 4 is 11.2 Å². The Morgan fingerprint density at radius 1 is 1.55 bits per heavy atom. The zero-order chi connectivity index (χ0) is 14.3. The van der Waals surface area contributed by atoms with Crippen LogP contribution in [0.25, 0.3) is 11.2 Å². The van der Waals surface area contributed by atoms with Gasteiger partial charge in [0.2, 0.25) is 0 Å². The maximum Gasteiger partial charge on any atom is 0.278 e. The molecule has 1 aliphatic heterocycles. The van der Waals surface area contributed by atoms with Crippen molar-refractivity contribution in [1.82, 2.24) is 19.5 Å². The highest BCUT2D eigenvalue weighted by Gasteiger charge is 2.45. The van der Waals surface area contributed by atoms with Crippen molar-refractivity contribution in [3.8, 4) is 0 Å². The van der Waals surface area contributed by atoms with E-state index < -0.39 is 24.5 Å². The maximum atomic E-state index is 11.6. The Morgan fingerprint density at radius 3 is 3.00 bits per heavy atom. The zero-order valence-corrected chi connectivity index (χ0v) is 10.6. The third-order valence-corrected chi connectivity index (χ3v) is 3.40. The lowest BCUT2D eigenvalue weighted by Crippen LogP contribution is -2.35. The monoisotopic (exact) mass is 282 g/mol. The van der Waals surface area contributed by atoms with Crippen molar-refractivity contribution in [2.24, 2.45) is 0 Å². The van der Waals surface area contributed by atoms with Crippen molar-refractivity contribution in [2.45, 2.75) is 24.5 Å². The largest absolute Gasteiger partial charge is 0.394 e. The number of H-pyrrole nitrogens is 1. The molecular weight excluding hydrogens is 268 g/mol. The first kappa shape index (κ1) is 13.2. The van der Waals surface area contributed by atoms with Crippen LogP contribution in [0, 0.1) is 0 Å². The van der Waals surface area contributed by atoms with E-state index in [1.807, 2.05) is 0 Å². The molecule has 3 rings (SSSR count). The maximum absolute atomic E-state index is 11.6. The Bertz CT molecular complexity index is 668. The quantitative estimate of drug-likeness (QED) is 0.618. The standard InChI is InChI=1S/C11H14N4O5/c1-19-8-5(2-16)20-11(7(8)17)15-4-14-6-9(15)12-3-13-10(6)18/h3-5,7-8,11,16-17H,2H2,1H3,(H,12,13,18)/t5-,7-,8+,11+/m0/s1. The van der Waals surface area contributed by atoms with Crippen molar-refractivity contribution in [3.05, 3.63) is 23.0 Å². The Morgan fingerprint density at radius 2 is 2.35 bits per heavy atom. The molecule has 20 heavy (non-hydrogen) atoms. The van der Waals surface area contributed by atoms with Gasteiger partial charge >= 0.3 is 0 Å². The summed E-state index contributed by atoms with van der Waals surface area (Å²) in [5.74, 6) is 0. The highest BCUT2D eigenvalue weighted by Crippen LogP contribution is 2.32. The van der Waals surface area contributed by atoms with Gasteiger partial charge in [-0.3, -0.25) is 9.36 Å². The van der Waals surface area contributed by atoms with Gasteiger partial charge in [0, 0.05) is 7.11 Å². The van der Waals surface area contributed by atoms with Crippen LogP contribution >= 0.6 is 0 Å². The number of aromatic amines is 1. The first-order chi connectivity index (χ1) is 9.67. The minimum atomic E-state index is -1.00. The first-order valence-electron chi connectivity index (χ1n) is 6.04. The molecule has 0 radical (unpaired) electrons. The number of nitrogens with zero attached hydrogens (tertiary/aromatic N) is 3. The number of aromatic nitrogens is 4. The molecule has 0 saturated carbocycles. The third kappa shape index (κ3) is 1.83. The lowest BCUT2D eigenvalue weighted by atomic mass is 10.1. The van der Waals surface area contributed by atoms with Gasteiger partial charge in [0.05, 0.1) is 19.3 Å². The van der Waals surface area contributed by atoms with E-state index in [0.29, 0.717) is 5.65 Å². The number of aliphatic hydroxyl groups excluding tert-OH is 2. The fourth-order valence-corrected chi connectivity index (χ4v) is 2.44. The summed E-state index contributed by atoms with van der Waals surface area (Å²) in [4.78, 5) is 22.0. The molecule has 1 fully saturated rings. The van der Waals surface area contributed by atoms with Crippen LogP contribution in [0.5, 0.6) is 0 Å². The molecule has 0 spiro atoms. The Kier molecular flexibility index (Phi) is 3.26. The number of nitrogens with one attached hydrogen (secondary N) is 1. The van der Waals surface area contributed by atoms with E-state index in [9.17, 15) is 15.0 Å². The smallest absolute Gasteiger partial charge is 0.278 e. The molecule has 0 amide bonds. The SMILES string of the molecule is CO[C@H]1[C@H](O)[C@H](n2cnc3c(=O)[nH]cnc32)O[C@H]1CO. The fraction of sp³-hybridized carbons (Fsp3) is 0.545. The van der Waals surface area contributed by atoms with E-state index in [1.54, 1.807) is 0 Å². The predicted octanol–water partition coefficient (Wildman–Crippen LogP) is -1.61. The summed E-state index contributed by atoms with van der Waals surface area (Å²) in [6, 6.07) is 0.